The molecule has 1 amide bonds. The highest BCUT2D eigenvalue weighted by molar-refractivity contribution is 7.89. The third kappa shape index (κ3) is 5.29. The Morgan fingerprint density at radius 3 is 2.27 bits per heavy atom. The molecule has 1 aliphatic heterocycles. The van der Waals surface area contributed by atoms with Gasteiger partial charge in [-0.2, -0.15) is 4.31 Å². The van der Waals surface area contributed by atoms with Gasteiger partial charge in [-0.05, 0) is 25.0 Å². The summed E-state index contributed by atoms with van der Waals surface area (Å²) in [5, 5.41) is 3.16. The van der Waals surface area contributed by atoms with E-state index in [4.69, 9.17) is 30.5 Å². The Morgan fingerprint density at radius 1 is 0.970 bits per heavy atom. The van der Waals surface area contributed by atoms with E-state index in [1.165, 1.54) is 44.9 Å². The van der Waals surface area contributed by atoms with E-state index >= 15 is 0 Å². The van der Waals surface area contributed by atoms with E-state index in [9.17, 15) is 13.2 Å². The minimum Gasteiger partial charge on any atom is -0.495 e. The average molecular weight is 499 g/mol. The number of hydrogen-bond donors (Lipinski definition) is 1. The van der Waals surface area contributed by atoms with E-state index in [2.05, 4.69) is 5.32 Å². The summed E-state index contributed by atoms with van der Waals surface area (Å²) in [5.74, 6) is 0.645. The van der Waals surface area contributed by atoms with Crippen LogP contribution in [0.15, 0.2) is 35.2 Å². The molecule has 11 heteroatoms. The zero-order valence-corrected chi connectivity index (χ0v) is 20.5. The molecule has 2 aromatic rings. The van der Waals surface area contributed by atoms with Gasteiger partial charge in [-0.1, -0.05) is 11.6 Å². The summed E-state index contributed by atoms with van der Waals surface area (Å²) in [5.41, 5.74) is 0.392. The lowest BCUT2D eigenvalue weighted by atomic mass is 9.98. The number of anilines is 1. The predicted molar refractivity (Wildman–Crippen MR) is 124 cm³/mol. The molecule has 0 aromatic heterocycles. The van der Waals surface area contributed by atoms with E-state index in [0.717, 1.165) is 0 Å². The van der Waals surface area contributed by atoms with Crippen LogP contribution in [0.2, 0.25) is 5.02 Å². The molecule has 1 fully saturated rings. The number of amides is 1. The fourth-order valence-electron chi connectivity index (χ4n) is 3.69. The molecule has 1 saturated heterocycles. The molecule has 0 unspecified atom stereocenters. The zero-order chi connectivity index (χ0) is 24.2. The average Bonchev–Trinajstić information content (AvgIpc) is 2.84. The highest BCUT2D eigenvalue weighted by Crippen LogP contribution is 2.37. The molecular weight excluding hydrogens is 472 g/mol. The molecule has 0 radical (unpaired) electrons. The molecule has 1 atom stereocenters. The number of nitrogens with zero attached hydrogens (tertiary/aromatic N) is 1. The Bertz CT molecular complexity index is 1120. The van der Waals surface area contributed by atoms with Crippen LogP contribution in [-0.2, 0) is 14.8 Å². The quantitative estimate of drug-likeness (QED) is 0.594. The Hall–Kier alpha value is -2.69. The number of carbonyl (C=O) groups excluding carboxylic acids is 1. The summed E-state index contributed by atoms with van der Waals surface area (Å²) in [6, 6.07) is 7.54. The van der Waals surface area contributed by atoms with Gasteiger partial charge in [-0.25, -0.2) is 8.42 Å². The van der Waals surface area contributed by atoms with Gasteiger partial charge in [0.15, 0.2) is 11.5 Å². The second kappa shape index (κ2) is 10.5. The van der Waals surface area contributed by atoms with Gasteiger partial charge in [-0.3, -0.25) is 4.79 Å². The van der Waals surface area contributed by atoms with Gasteiger partial charge in [0.1, 0.15) is 11.5 Å². The first-order chi connectivity index (χ1) is 15.7. The SMILES string of the molecule is COc1cc(NC(=O)[C@H]2CCCN(S(=O)(=O)c3ccc(OC)c(OC)c3)C2)c(OC)cc1Cl. The van der Waals surface area contributed by atoms with Crippen molar-refractivity contribution < 1.29 is 32.2 Å². The number of carbonyl (C=O) groups is 1. The molecule has 0 bridgehead atoms. The van der Waals surface area contributed by atoms with Crippen molar-refractivity contribution in [3.63, 3.8) is 0 Å². The van der Waals surface area contributed by atoms with Crippen LogP contribution in [0.4, 0.5) is 5.69 Å². The molecule has 1 aliphatic rings. The van der Waals surface area contributed by atoms with Crippen molar-refractivity contribution in [1.82, 2.24) is 4.31 Å². The Labute approximate surface area is 198 Å². The molecule has 1 heterocycles. The summed E-state index contributed by atoms with van der Waals surface area (Å²) in [6.07, 6.45) is 1.10. The van der Waals surface area contributed by atoms with Crippen molar-refractivity contribution in [2.75, 3.05) is 46.8 Å². The van der Waals surface area contributed by atoms with Gasteiger partial charge in [0.25, 0.3) is 0 Å². The minimum absolute atomic E-state index is 0.0511. The van der Waals surface area contributed by atoms with E-state index in [0.29, 0.717) is 53.1 Å². The fraction of sp³-hybridized carbons (Fsp3) is 0.409. The molecule has 0 aliphatic carbocycles. The van der Waals surface area contributed by atoms with Gasteiger partial charge >= 0.3 is 0 Å². The number of benzene rings is 2. The second-order valence-corrected chi connectivity index (χ2v) is 9.74. The van der Waals surface area contributed by atoms with Crippen LogP contribution in [0.3, 0.4) is 0 Å². The largest absolute Gasteiger partial charge is 0.495 e. The van der Waals surface area contributed by atoms with E-state index in [-0.39, 0.29) is 17.3 Å². The van der Waals surface area contributed by atoms with Gasteiger partial charge < -0.3 is 24.3 Å². The van der Waals surface area contributed by atoms with E-state index in [1.807, 2.05) is 0 Å². The fourth-order valence-corrected chi connectivity index (χ4v) is 5.46. The van der Waals surface area contributed by atoms with Crippen molar-refractivity contribution in [2.45, 2.75) is 17.7 Å². The zero-order valence-electron chi connectivity index (χ0n) is 18.9. The first kappa shape index (κ1) is 24.9. The summed E-state index contributed by atoms with van der Waals surface area (Å²) >= 11 is 6.13. The first-order valence-electron chi connectivity index (χ1n) is 10.2. The lowest BCUT2D eigenvalue weighted by molar-refractivity contribution is -0.120. The maximum atomic E-state index is 13.2. The Morgan fingerprint density at radius 2 is 1.64 bits per heavy atom. The minimum atomic E-state index is -3.83. The highest BCUT2D eigenvalue weighted by atomic mass is 35.5. The number of methoxy groups -OCH3 is 4. The first-order valence-corrected chi connectivity index (χ1v) is 12.0. The van der Waals surface area contributed by atoms with Gasteiger partial charge in [0, 0.05) is 31.3 Å². The molecule has 1 N–H and O–H groups in total. The van der Waals surface area contributed by atoms with Gasteiger partial charge in [0.2, 0.25) is 15.9 Å². The van der Waals surface area contributed by atoms with E-state index in [1.54, 1.807) is 18.2 Å². The number of rotatable bonds is 8. The maximum Gasteiger partial charge on any atom is 0.243 e. The lowest BCUT2D eigenvalue weighted by Gasteiger charge is -2.31. The van der Waals surface area contributed by atoms with E-state index < -0.39 is 15.9 Å². The summed E-state index contributed by atoms with van der Waals surface area (Å²) in [7, 11) is 2.02. The van der Waals surface area contributed by atoms with Crippen molar-refractivity contribution in [3.05, 3.63) is 35.4 Å². The third-order valence-electron chi connectivity index (χ3n) is 5.48. The normalized spacial score (nSPS) is 16.7. The molecule has 0 spiro atoms. The number of ether oxygens (including phenoxy) is 4. The highest BCUT2D eigenvalue weighted by Gasteiger charge is 2.34. The molecular formula is C22H27ClN2O7S. The summed E-state index contributed by atoms with van der Waals surface area (Å²) < 4.78 is 48.8. The number of hydrogen-bond acceptors (Lipinski definition) is 7. The Kier molecular flexibility index (Phi) is 7.93. The van der Waals surface area contributed by atoms with Gasteiger partial charge in [-0.15, -0.1) is 0 Å². The molecule has 33 heavy (non-hydrogen) atoms. The molecule has 180 valence electrons. The second-order valence-electron chi connectivity index (χ2n) is 7.40. The third-order valence-corrected chi connectivity index (χ3v) is 7.64. The number of halogens is 1. The van der Waals surface area contributed by atoms with Gasteiger partial charge in [0.05, 0.1) is 50.0 Å². The molecule has 0 saturated carbocycles. The Balaban J connectivity index is 1.80. The standard InChI is InChI=1S/C22H27ClN2O7S/c1-29-18-8-7-15(10-21(18)32-4)33(27,28)25-9-5-6-14(13-25)22(26)24-17-12-19(30-2)16(23)11-20(17)31-3/h7-8,10-12,14H,5-6,9,13H2,1-4H3,(H,24,26)/t14-/m0/s1. The number of sulfonamides is 1. The van der Waals surface area contributed by atoms with Crippen molar-refractivity contribution in [2.24, 2.45) is 5.92 Å². The van der Waals surface area contributed by atoms with Crippen LogP contribution in [0, 0.1) is 5.92 Å². The molecule has 2 aromatic carbocycles. The summed E-state index contributed by atoms with van der Waals surface area (Å²) in [6.45, 7) is 0.369. The predicted octanol–water partition coefficient (Wildman–Crippen LogP) is 3.41. The monoisotopic (exact) mass is 498 g/mol. The number of nitrogens with one attached hydrogen (secondary N) is 1. The van der Waals surface area contributed by atoms with Crippen LogP contribution < -0.4 is 24.3 Å². The number of piperidine rings is 1. The van der Waals surface area contributed by atoms with Crippen LogP contribution in [-0.4, -0.2) is 60.2 Å². The summed E-state index contributed by atoms with van der Waals surface area (Å²) in [4.78, 5) is 13.1. The van der Waals surface area contributed by atoms with Crippen LogP contribution >= 0.6 is 11.6 Å². The smallest absolute Gasteiger partial charge is 0.243 e. The molecule has 9 nitrogen and oxygen atoms in total. The van der Waals surface area contributed by atoms with Crippen molar-refractivity contribution >= 4 is 33.2 Å². The van der Waals surface area contributed by atoms with Crippen molar-refractivity contribution in [3.8, 4) is 23.0 Å². The topological polar surface area (TPSA) is 103 Å². The van der Waals surface area contributed by atoms with Crippen LogP contribution in [0.1, 0.15) is 12.8 Å². The van der Waals surface area contributed by atoms with Crippen LogP contribution in [0.5, 0.6) is 23.0 Å². The van der Waals surface area contributed by atoms with Crippen LogP contribution in [0.25, 0.3) is 0 Å². The lowest BCUT2D eigenvalue weighted by Crippen LogP contribution is -2.43. The molecule has 3 rings (SSSR count). The van der Waals surface area contributed by atoms with Crippen molar-refractivity contribution in [1.29, 1.82) is 0 Å². The maximum absolute atomic E-state index is 13.2.